The van der Waals surface area contributed by atoms with Gasteiger partial charge in [-0.15, -0.1) is 0 Å². The predicted molar refractivity (Wildman–Crippen MR) is 107 cm³/mol. The summed E-state index contributed by atoms with van der Waals surface area (Å²) < 4.78 is 5.49. The average Bonchev–Trinajstić information content (AvgIpc) is 2.94. The largest absolute Gasteiger partial charge is 0.436 e. The number of anilines is 1. The minimum absolute atomic E-state index is 0.139. The van der Waals surface area contributed by atoms with Crippen molar-refractivity contribution in [3.05, 3.63) is 87.0 Å². The number of hydrogen-bond donors (Lipinski definition) is 1. The Morgan fingerprint density at radius 3 is 2.43 bits per heavy atom. The maximum atomic E-state index is 13.7. The molecule has 2 heterocycles. The summed E-state index contributed by atoms with van der Waals surface area (Å²) in [5, 5.41) is 10.3. The van der Waals surface area contributed by atoms with Crippen LogP contribution in [-0.4, -0.2) is 24.5 Å². The molecule has 2 aromatic carbocycles. The molecule has 1 atom stereocenters. The summed E-state index contributed by atoms with van der Waals surface area (Å²) >= 11 is 6.12. The van der Waals surface area contributed by atoms with Crippen LogP contribution in [0.2, 0.25) is 5.02 Å². The van der Waals surface area contributed by atoms with E-state index in [1.807, 2.05) is 6.07 Å². The van der Waals surface area contributed by atoms with Crippen molar-refractivity contribution in [3.63, 3.8) is 0 Å². The molecule has 7 nitrogen and oxygen atoms in total. The number of nitrogens with two attached hydrogens (primary N) is 1. The van der Waals surface area contributed by atoms with Crippen LogP contribution in [0.5, 0.6) is 0 Å². The number of rotatable bonds is 0. The fraction of sp³-hybridized carbons (Fsp3) is 0.0909. The van der Waals surface area contributed by atoms with E-state index in [0.29, 0.717) is 16.3 Å². The van der Waals surface area contributed by atoms with Gasteiger partial charge in [0.1, 0.15) is 17.1 Å². The van der Waals surface area contributed by atoms with Crippen molar-refractivity contribution >= 4 is 34.8 Å². The molecule has 0 saturated carbocycles. The highest BCUT2D eigenvalue weighted by Crippen LogP contribution is 2.55. The Balaban J connectivity index is 1.93. The molecule has 0 bridgehead atoms. The number of ketones is 2. The van der Waals surface area contributed by atoms with Gasteiger partial charge in [0, 0.05) is 34.4 Å². The number of nitrogens with zero attached hydrogens (tertiary/aromatic N) is 2. The fourth-order valence-corrected chi connectivity index (χ4v) is 4.63. The summed E-state index contributed by atoms with van der Waals surface area (Å²) in [6.07, 6.45) is 0. The van der Waals surface area contributed by atoms with Gasteiger partial charge in [0.15, 0.2) is 11.5 Å². The van der Waals surface area contributed by atoms with Crippen LogP contribution in [-0.2, 0) is 14.9 Å². The van der Waals surface area contributed by atoms with Crippen LogP contribution in [0.1, 0.15) is 26.3 Å². The maximum absolute atomic E-state index is 13.7. The van der Waals surface area contributed by atoms with Crippen LogP contribution in [0.4, 0.5) is 5.69 Å². The van der Waals surface area contributed by atoms with Crippen molar-refractivity contribution in [3.8, 4) is 6.07 Å². The molecule has 0 aromatic heterocycles. The number of carbonyl (C=O) groups is 3. The first-order valence-electron chi connectivity index (χ1n) is 8.93. The Morgan fingerprint density at radius 1 is 1.10 bits per heavy atom. The van der Waals surface area contributed by atoms with Gasteiger partial charge in [-0.2, -0.15) is 5.26 Å². The van der Waals surface area contributed by atoms with E-state index < -0.39 is 22.9 Å². The summed E-state index contributed by atoms with van der Waals surface area (Å²) in [6, 6.07) is 12.9. The van der Waals surface area contributed by atoms with Crippen LogP contribution >= 0.6 is 11.6 Å². The lowest BCUT2D eigenvalue weighted by molar-refractivity contribution is -0.120. The van der Waals surface area contributed by atoms with Crippen molar-refractivity contribution in [2.75, 3.05) is 11.9 Å². The first-order valence-corrected chi connectivity index (χ1v) is 9.31. The van der Waals surface area contributed by atoms with Gasteiger partial charge in [-0.1, -0.05) is 41.9 Å². The second-order valence-corrected chi connectivity index (χ2v) is 7.57. The Kier molecular flexibility index (Phi) is 3.52. The summed E-state index contributed by atoms with van der Waals surface area (Å²) in [5.74, 6) is -2.45. The number of allylic oxidation sites excluding steroid dienone is 1. The number of carbonyl (C=O) groups excluding carboxylic acids is 3. The van der Waals surface area contributed by atoms with E-state index in [1.165, 1.54) is 24.1 Å². The van der Waals surface area contributed by atoms with Crippen LogP contribution in [0.15, 0.2) is 65.3 Å². The second-order valence-electron chi connectivity index (χ2n) is 7.14. The number of ether oxygens (including phenoxy) is 1. The van der Waals surface area contributed by atoms with Crippen LogP contribution in [0.3, 0.4) is 0 Å². The zero-order chi connectivity index (χ0) is 21.4. The van der Waals surface area contributed by atoms with Crippen LogP contribution < -0.4 is 10.6 Å². The number of Topliss-reactive ketones (excluding diaryl/α,β-unsaturated/α-hetero) is 2. The van der Waals surface area contributed by atoms with Crippen LogP contribution in [0, 0.1) is 11.3 Å². The minimum Gasteiger partial charge on any atom is -0.436 e. The first-order chi connectivity index (χ1) is 14.3. The van der Waals surface area contributed by atoms with Gasteiger partial charge in [-0.25, -0.2) is 0 Å². The third-order valence-electron chi connectivity index (χ3n) is 5.75. The number of halogens is 1. The topological polar surface area (TPSA) is 113 Å². The molecule has 1 spiro atoms. The van der Waals surface area contributed by atoms with E-state index in [2.05, 4.69) is 0 Å². The molecule has 5 rings (SSSR count). The van der Waals surface area contributed by atoms with Gasteiger partial charge in [-0.3, -0.25) is 14.4 Å². The quantitative estimate of drug-likeness (QED) is 0.704. The monoisotopic (exact) mass is 417 g/mol. The Bertz CT molecular complexity index is 1330. The molecule has 8 heteroatoms. The van der Waals surface area contributed by atoms with E-state index in [-0.39, 0.29) is 33.9 Å². The molecule has 0 radical (unpaired) electrons. The molecule has 30 heavy (non-hydrogen) atoms. The highest BCUT2D eigenvalue weighted by molar-refractivity contribution is 6.33. The predicted octanol–water partition coefficient (Wildman–Crippen LogP) is 2.61. The molecule has 1 unspecified atom stereocenters. The van der Waals surface area contributed by atoms with E-state index in [0.717, 1.165) is 0 Å². The van der Waals surface area contributed by atoms with Gasteiger partial charge >= 0.3 is 0 Å². The molecule has 0 saturated heterocycles. The summed E-state index contributed by atoms with van der Waals surface area (Å²) in [5.41, 5.74) is 4.74. The first kappa shape index (κ1) is 18.2. The maximum Gasteiger partial charge on any atom is 0.247 e. The van der Waals surface area contributed by atoms with E-state index >= 15 is 0 Å². The molecule has 1 amide bonds. The lowest BCUT2D eigenvalue weighted by Gasteiger charge is -2.37. The van der Waals surface area contributed by atoms with Crippen molar-refractivity contribution in [2.45, 2.75) is 5.41 Å². The molecular weight excluding hydrogens is 406 g/mol. The number of likely N-dealkylation sites (N-methyl/N-ethyl adjacent to an activating group) is 1. The summed E-state index contributed by atoms with van der Waals surface area (Å²) in [6.45, 7) is 0. The van der Waals surface area contributed by atoms with Crippen molar-refractivity contribution < 1.29 is 19.1 Å². The summed E-state index contributed by atoms with van der Waals surface area (Å²) in [4.78, 5) is 41.8. The van der Waals surface area contributed by atoms with Gasteiger partial charge < -0.3 is 15.4 Å². The van der Waals surface area contributed by atoms with E-state index in [1.54, 1.807) is 30.3 Å². The molecule has 2 aromatic rings. The Hall–Kier alpha value is -3.89. The molecule has 2 N–H and O–H groups in total. The average molecular weight is 418 g/mol. The molecule has 0 fully saturated rings. The number of hydrogen-bond acceptors (Lipinski definition) is 6. The van der Waals surface area contributed by atoms with Gasteiger partial charge in [0.2, 0.25) is 17.6 Å². The molecule has 2 aliphatic heterocycles. The molecule has 1 aliphatic carbocycles. The molecule has 3 aliphatic rings. The normalized spacial score (nSPS) is 22.0. The SMILES string of the molecule is CN1C(=O)C2(C(C#N)=C(N)OC3=C2C(=O)c2ccccc2C3=O)c2ccc(Cl)cc21. The smallest absolute Gasteiger partial charge is 0.247 e. The summed E-state index contributed by atoms with van der Waals surface area (Å²) in [7, 11) is 1.51. The fourth-order valence-electron chi connectivity index (χ4n) is 4.46. The molecular formula is C22H12ClN3O4. The standard InChI is InChI=1S/C22H12ClN3O4/c1-26-15-8-10(23)6-7-13(15)22(21(26)29)14(9-24)20(25)30-19-16(22)17(27)11-4-2-3-5-12(11)18(19)28/h2-8H,25H2,1H3. The third-order valence-corrected chi connectivity index (χ3v) is 5.98. The van der Waals surface area contributed by atoms with Crippen molar-refractivity contribution in [1.29, 1.82) is 5.26 Å². The lowest BCUT2D eigenvalue weighted by atomic mass is 9.64. The minimum atomic E-state index is -1.89. The zero-order valence-electron chi connectivity index (χ0n) is 15.5. The van der Waals surface area contributed by atoms with Crippen molar-refractivity contribution in [1.82, 2.24) is 0 Å². The number of amides is 1. The van der Waals surface area contributed by atoms with Gasteiger partial charge in [-0.05, 0) is 12.1 Å². The lowest BCUT2D eigenvalue weighted by Crippen LogP contribution is -2.49. The number of benzene rings is 2. The Labute approximate surface area is 175 Å². The second kappa shape index (κ2) is 5.81. The van der Waals surface area contributed by atoms with E-state index in [9.17, 15) is 19.6 Å². The number of nitriles is 1. The van der Waals surface area contributed by atoms with Gasteiger partial charge in [0.05, 0.1) is 5.57 Å². The van der Waals surface area contributed by atoms with Crippen molar-refractivity contribution in [2.24, 2.45) is 5.73 Å². The zero-order valence-corrected chi connectivity index (χ0v) is 16.3. The Morgan fingerprint density at radius 2 is 1.77 bits per heavy atom. The van der Waals surface area contributed by atoms with Gasteiger partial charge in [0.25, 0.3) is 0 Å². The third kappa shape index (κ3) is 1.91. The molecule has 146 valence electrons. The highest BCUT2D eigenvalue weighted by atomic mass is 35.5. The van der Waals surface area contributed by atoms with Crippen LogP contribution in [0.25, 0.3) is 0 Å². The number of fused-ring (bicyclic) bond motifs is 4. The highest BCUT2D eigenvalue weighted by Gasteiger charge is 2.63. The van der Waals surface area contributed by atoms with E-state index in [4.69, 9.17) is 22.1 Å².